The van der Waals surface area contributed by atoms with Crippen molar-refractivity contribution in [3.05, 3.63) is 30.0 Å². The number of carbonyl (C=O) groups is 1. The number of benzene rings is 1. The highest BCUT2D eigenvalue weighted by atomic mass is 16.5. The van der Waals surface area contributed by atoms with Gasteiger partial charge in [-0.05, 0) is 17.7 Å². The van der Waals surface area contributed by atoms with E-state index in [2.05, 4.69) is 4.98 Å². The lowest BCUT2D eigenvalue weighted by Gasteiger charge is -2.05. The Morgan fingerprint density at radius 1 is 1.59 bits per heavy atom. The van der Waals surface area contributed by atoms with E-state index in [0.29, 0.717) is 6.42 Å². The van der Waals surface area contributed by atoms with E-state index in [0.717, 1.165) is 22.2 Å². The Hall–Kier alpha value is -2.01. The van der Waals surface area contributed by atoms with Gasteiger partial charge in [0, 0.05) is 29.6 Å². The molecule has 1 heterocycles. The number of fused-ring (bicyclic) bond motifs is 1. The molecular formula is C12H14N2O3. The first kappa shape index (κ1) is 11.5. The van der Waals surface area contributed by atoms with Gasteiger partial charge in [0.25, 0.3) is 0 Å². The third-order valence-corrected chi connectivity index (χ3v) is 2.73. The molecule has 0 spiro atoms. The number of aromatic nitrogens is 1. The van der Waals surface area contributed by atoms with Crippen molar-refractivity contribution in [2.45, 2.75) is 12.5 Å². The van der Waals surface area contributed by atoms with Crippen LogP contribution in [0.25, 0.3) is 10.9 Å². The number of rotatable bonds is 4. The molecule has 0 fully saturated rings. The number of H-pyrrole nitrogens is 1. The zero-order valence-electron chi connectivity index (χ0n) is 9.43. The van der Waals surface area contributed by atoms with E-state index in [1.165, 1.54) is 0 Å². The number of ether oxygens (including phenoxy) is 1. The van der Waals surface area contributed by atoms with Crippen LogP contribution in [0.15, 0.2) is 24.4 Å². The Labute approximate surface area is 98.2 Å². The van der Waals surface area contributed by atoms with Crippen LogP contribution in [-0.4, -0.2) is 29.2 Å². The molecule has 2 rings (SSSR count). The number of methoxy groups -OCH3 is 1. The van der Waals surface area contributed by atoms with E-state index < -0.39 is 12.0 Å². The predicted octanol–water partition coefficient (Wildman–Crippen LogP) is 1.13. The Morgan fingerprint density at radius 3 is 3.00 bits per heavy atom. The number of carboxylic acid groups (broad SMARTS) is 1. The standard InChI is InChI=1S/C12H14N2O3/c1-17-8-2-3-9-7(4-10(13)12(15)16)6-14-11(9)5-8/h2-3,5-6,10,14H,4,13H2,1H3,(H,15,16)/t10-/m0/s1. The lowest BCUT2D eigenvalue weighted by atomic mass is 10.1. The highest BCUT2D eigenvalue weighted by Gasteiger charge is 2.14. The molecule has 17 heavy (non-hydrogen) atoms. The minimum atomic E-state index is -0.993. The van der Waals surface area contributed by atoms with Gasteiger partial charge in [-0.1, -0.05) is 0 Å². The molecule has 0 aliphatic carbocycles. The van der Waals surface area contributed by atoms with Crippen molar-refractivity contribution in [3.8, 4) is 5.75 Å². The highest BCUT2D eigenvalue weighted by Crippen LogP contribution is 2.23. The summed E-state index contributed by atoms with van der Waals surface area (Å²) in [4.78, 5) is 13.8. The average molecular weight is 234 g/mol. The van der Waals surface area contributed by atoms with Crippen molar-refractivity contribution in [2.24, 2.45) is 5.73 Å². The number of aliphatic carboxylic acids is 1. The molecule has 0 amide bonds. The van der Waals surface area contributed by atoms with Gasteiger partial charge in [0.15, 0.2) is 0 Å². The van der Waals surface area contributed by atoms with Crippen molar-refractivity contribution in [1.82, 2.24) is 4.98 Å². The van der Waals surface area contributed by atoms with E-state index in [4.69, 9.17) is 15.6 Å². The summed E-state index contributed by atoms with van der Waals surface area (Å²) in [5, 5.41) is 9.75. The molecule has 0 bridgehead atoms. The van der Waals surface area contributed by atoms with E-state index >= 15 is 0 Å². The second kappa shape index (κ2) is 4.47. The summed E-state index contributed by atoms with van der Waals surface area (Å²) in [6, 6.07) is 4.72. The normalized spacial score (nSPS) is 12.6. The van der Waals surface area contributed by atoms with Gasteiger partial charge in [-0.3, -0.25) is 4.79 Å². The van der Waals surface area contributed by atoms with Gasteiger partial charge in [0.2, 0.25) is 0 Å². The topological polar surface area (TPSA) is 88.3 Å². The molecule has 90 valence electrons. The van der Waals surface area contributed by atoms with Crippen molar-refractivity contribution in [3.63, 3.8) is 0 Å². The van der Waals surface area contributed by atoms with Crippen molar-refractivity contribution in [2.75, 3.05) is 7.11 Å². The zero-order valence-corrected chi connectivity index (χ0v) is 9.43. The molecule has 0 aliphatic rings. The van der Waals surface area contributed by atoms with Crippen LogP contribution in [0.1, 0.15) is 5.56 Å². The van der Waals surface area contributed by atoms with Gasteiger partial charge in [-0.15, -0.1) is 0 Å². The zero-order chi connectivity index (χ0) is 12.4. The summed E-state index contributed by atoms with van der Waals surface area (Å²) < 4.78 is 5.11. The Morgan fingerprint density at radius 2 is 2.35 bits per heavy atom. The SMILES string of the molecule is COc1ccc2c(C[C@H](N)C(=O)O)c[nH]c2c1. The number of nitrogens with one attached hydrogen (secondary N) is 1. The van der Waals surface area contributed by atoms with E-state index in [-0.39, 0.29) is 0 Å². The Balaban J connectivity index is 2.33. The molecule has 1 aromatic carbocycles. The second-order valence-corrected chi connectivity index (χ2v) is 3.87. The maximum atomic E-state index is 10.7. The molecular weight excluding hydrogens is 220 g/mol. The van der Waals surface area contributed by atoms with Crippen LogP contribution in [0.2, 0.25) is 0 Å². The first-order valence-electron chi connectivity index (χ1n) is 5.24. The molecule has 4 N–H and O–H groups in total. The maximum absolute atomic E-state index is 10.7. The molecule has 0 saturated carbocycles. The predicted molar refractivity (Wildman–Crippen MR) is 64.2 cm³/mol. The van der Waals surface area contributed by atoms with Crippen LogP contribution in [0.4, 0.5) is 0 Å². The highest BCUT2D eigenvalue weighted by molar-refractivity contribution is 5.85. The van der Waals surface area contributed by atoms with Crippen LogP contribution in [0, 0.1) is 0 Å². The summed E-state index contributed by atoms with van der Waals surface area (Å²) in [5.41, 5.74) is 7.33. The van der Waals surface area contributed by atoms with Crippen molar-refractivity contribution >= 4 is 16.9 Å². The first-order valence-corrected chi connectivity index (χ1v) is 5.24. The lowest BCUT2D eigenvalue weighted by Crippen LogP contribution is -2.32. The lowest BCUT2D eigenvalue weighted by molar-refractivity contribution is -0.138. The minimum Gasteiger partial charge on any atom is -0.497 e. The number of carboxylic acids is 1. The average Bonchev–Trinajstić information content (AvgIpc) is 2.71. The summed E-state index contributed by atoms with van der Waals surface area (Å²) >= 11 is 0. The molecule has 2 aromatic rings. The van der Waals surface area contributed by atoms with Crippen LogP contribution in [0.3, 0.4) is 0 Å². The van der Waals surface area contributed by atoms with Crippen LogP contribution in [-0.2, 0) is 11.2 Å². The van der Waals surface area contributed by atoms with Crippen molar-refractivity contribution in [1.29, 1.82) is 0 Å². The minimum absolute atomic E-state index is 0.307. The molecule has 0 unspecified atom stereocenters. The Bertz CT molecular complexity index is 548. The van der Waals surface area contributed by atoms with Crippen molar-refractivity contribution < 1.29 is 14.6 Å². The van der Waals surface area contributed by atoms with Gasteiger partial charge in [0.05, 0.1) is 7.11 Å². The fourth-order valence-electron chi connectivity index (χ4n) is 1.79. The number of nitrogens with two attached hydrogens (primary N) is 1. The summed E-state index contributed by atoms with van der Waals surface area (Å²) in [6.45, 7) is 0. The summed E-state index contributed by atoms with van der Waals surface area (Å²) in [6.07, 6.45) is 2.09. The number of hydrogen-bond acceptors (Lipinski definition) is 3. The molecule has 5 heteroatoms. The smallest absolute Gasteiger partial charge is 0.320 e. The molecule has 1 atom stereocenters. The summed E-state index contributed by atoms with van der Waals surface area (Å²) in [7, 11) is 1.60. The van der Waals surface area contributed by atoms with E-state index in [1.54, 1.807) is 13.3 Å². The quantitative estimate of drug-likeness (QED) is 0.740. The van der Waals surface area contributed by atoms with E-state index in [1.807, 2.05) is 18.2 Å². The molecule has 0 aliphatic heterocycles. The first-order chi connectivity index (χ1) is 8.11. The number of aromatic amines is 1. The molecule has 1 aromatic heterocycles. The monoisotopic (exact) mass is 234 g/mol. The van der Waals surface area contributed by atoms with Crippen LogP contribution >= 0.6 is 0 Å². The van der Waals surface area contributed by atoms with E-state index in [9.17, 15) is 4.79 Å². The van der Waals surface area contributed by atoms with Crippen LogP contribution in [0.5, 0.6) is 5.75 Å². The van der Waals surface area contributed by atoms with Gasteiger partial charge < -0.3 is 20.6 Å². The van der Waals surface area contributed by atoms with Gasteiger partial charge in [-0.2, -0.15) is 0 Å². The third kappa shape index (κ3) is 2.24. The molecule has 0 radical (unpaired) electrons. The fourth-order valence-corrected chi connectivity index (χ4v) is 1.79. The van der Waals surface area contributed by atoms with Gasteiger partial charge in [0.1, 0.15) is 11.8 Å². The van der Waals surface area contributed by atoms with Gasteiger partial charge >= 0.3 is 5.97 Å². The maximum Gasteiger partial charge on any atom is 0.320 e. The number of hydrogen-bond donors (Lipinski definition) is 3. The Kier molecular flexibility index (Phi) is 3.01. The second-order valence-electron chi connectivity index (χ2n) is 3.87. The van der Waals surface area contributed by atoms with Gasteiger partial charge in [-0.25, -0.2) is 0 Å². The molecule has 5 nitrogen and oxygen atoms in total. The third-order valence-electron chi connectivity index (χ3n) is 2.73. The molecule has 0 saturated heterocycles. The largest absolute Gasteiger partial charge is 0.497 e. The fraction of sp³-hybridized carbons (Fsp3) is 0.250. The summed E-state index contributed by atoms with van der Waals surface area (Å²) in [5.74, 6) is -0.235. The van der Waals surface area contributed by atoms with Crippen LogP contribution < -0.4 is 10.5 Å².